The van der Waals surface area contributed by atoms with E-state index in [-0.39, 0.29) is 17.8 Å². The molecule has 0 aliphatic carbocycles. The number of hydrogen-bond acceptors (Lipinski definition) is 4. The summed E-state index contributed by atoms with van der Waals surface area (Å²) in [6.45, 7) is 0.965. The Morgan fingerprint density at radius 1 is 1.23 bits per heavy atom. The number of nitrogens with zero attached hydrogens (tertiary/aromatic N) is 4. The van der Waals surface area contributed by atoms with Crippen LogP contribution in [0, 0.1) is 11.6 Å². The summed E-state index contributed by atoms with van der Waals surface area (Å²) in [5.41, 5.74) is 0.971. The predicted octanol–water partition coefficient (Wildman–Crippen LogP) is 2.69. The fourth-order valence-corrected chi connectivity index (χ4v) is 3.08. The summed E-state index contributed by atoms with van der Waals surface area (Å²) in [7, 11) is 0. The highest BCUT2D eigenvalue weighted by atomic mass is 19.1. The van der Waals surface area contributed by atoms with Gasteiger partial charge in [0, 0.05) is 44.4 Å². The van der Waals surface area contributed by atoms with Gasteiger partial charge in [-0.2, -0.15) is 5.10 Å². The van der Waals surface area contributed by atoms with Crippen molar-refractivity contribution in [2.24, 2.45) is 0 Å². The van der Waals surface area contributed by atoms with Crippen molar-refractivity contribution in [3.63, 3.8) is 0 Å². The molecule has 1 amide bonds. The smallest absolute Gasteiger partial charge is 0.259 e. The van der Waals surface area contributed by atoms with E-state index in [9.17, 15) is 13.6 Å². The van der Waals surface area contributed by atoms with Gasteiger partial charge in [0.2, 0.25) is 0 Å². The highest BCUT2D eigenvalue weighted by molar-refractivity contribution is 5.99. The second-order valence-electron chi connectivity index (χ2n) is 6.13. The molecule has 8 heteroatoms. The normalized spacial score (nSPS) is 15.4. The van der Waals surface area contributed by atoms with Gasteiger partial charge in [-0.15, -0.1) is 0 Å². The number of amides is 1. The molecule has 0 atom stereocenters. The maximum Gasteiger partial charge on any atom is 0.259 e. The van der Waals surface area contributed by atoms with E-state index in [0.29, 0.717) is 37.1 Å². The summed E-state index contributed by atoms with van der Waals surface area (Å²) in [5.74, 6) is -1.47. The average molecular weight is 358 g/mol. The molecule has 0 radical (unpaired) electrons. The first kappa shape index (κ1) is 16.4. The lowest BCUT2D eigenvalue weighted by atomic mass is 10.1. The van der Waals surface area contributed by atoms with Crippen LogP contribution >= 0.6 is 0 Å². The van der Waals surface area contributed by atoms with Gasteiger partial charge >= 0.3 is 0 Å². The fourth-order valence-electron chi connectivity index (χ4n) is 3.08. The molecular formula is C18H16F2N4O2. The molecule has 1 fully saturated rings. The molecule has 0 N–H and O–H groups in total. The van der Waals surface area contributed by atoms with Gasteiger partial charge in [-0.05, 0) is 18.2 Å². The van der Waals surface area contributed by atoms with E-state index >= 15 is 0 Å². The molecule has 134 valence electrons. The molecule has 1 aliphatic heterocycles. The Labute approximate surface area is 148 Å². The van der Waals surface area contributed by atoms with Crippen molar-refractivity contribution in [3.05, 3.63) is 60.1 Å². The van der Waals surface area contributed by atoms with Gasteiger partial charge in [0.1, 0.15) is 17.5 Å². The van der Waals surface area contributed by atoms with E-state index < -0.39 is 11.6 Å². The Balaban J connectivity index is 1.41. The largest absolute Gasteiger partial charge is 0.487 e. The molecule has 0 unspecified atom stereocenters. The van der Waals surface area contributed by atoms with Gasteiger partial charge in [-0.1, -0.05) is 0 Å². The summed E-state index contributed by atoms with van der Waals surface area (Å²) >= 11 is 0. The van der Waals surface area contributed by atoms with Crippen molar-refractivity contribution in [1.82, 2.24) is 19.5 Å². The van der Waals surface area contributed by atoms with Crippen LogP contribution in [0.3, 0.4) is 0 Å². The third kappa shape index (κ3) is 3.10. The molecule has 3 heterocycles. The Hall–Kier alpha value is -3.03. The van der Waals surface area contributed by atoms with Gasteiger partial charge in [0.25, 0.3) is 5.91 Å². The van der Waals surface area contributed by atoms with Gasteiger partial charge < -0.3 is 9.64 Å². The van der Waals surface area contributed by atoms with Crippen molar-refractivity contribution in [2.75, 3.05) is 13.1 Å². The summed E-state index contributed by atoms with van der Waals surface area (Å²) in [5, 5.41) is 4.13. The Kier molecular flexibility index (Phi) is 4.24. The van der Waals surface area contributed by atoms with Crippen LogP contribution in [0.2, 0.25) is 0 Å². The van der Waals surface area contributed by atoms with Crippen molar-refractivity contribution < 1.29 is 18.3 Å². The van der Waals surface area contributed by atoms with Crippen LogP contribution in [0.5, 0.6) is 5.75 Å². The van der Waals surface area contributed by atoms with Gasteiger partial charge in [0.15, 0.2) is 17.2 Å². The first-order chi connectivity index (χ1) is 12.6. The zero-order valence-corrected chi connectivity index (χ0v) is 13.8. The molecule has 4 rings (SSSR count). The van der Waals surface area contributed by atoms with Crippen LogP contribution in [-0.2, 0) is 0 Å². The highest BCUT2D eigenvalue weighted by Crippen LogP contribution is 2.23. The van der Waals surface area contributed by atoms with Crippen LogP contribution in [0.1, 0.15) is 23.2 Å². The Morgan fingerprint density at radius 2 is 2.04 bits per heavy atom. The quantitative estimate of drug-likeness (QED) is 0.722. The lowest BCUT2D eigenvalue weighted by Crippen LogP contribution is -2.41. The molecule has 6 nitrogen and oxygen atoms in total. The van der Waals surface area contributed by atoms with Crippen molar-refractivity contribution >= 4 is 11.6 Å². The maximum absolute atomic E-state index is 13.7. The number of rotatable bonds is 3. The molecule has 1 aromatic carbocycles. The van der Waals surface area contributed by atoms with Crippen LogP contribution in [-0.4, -0.2) is 44.6 Å². The number of halogens is 2. The SMILES string of the molecule is O=C(c1cnn2cccnc12)N1CCC(Oc2ccc(F)cc2F)CC1. The van der Waals surface area contributed by atoms with Crippen LogP contribution < -0.4 is 4.74 Å². The number of carbonyl (C=O) groups excluding carboxylic acids is 1. The molecule has 0 bridgehead atoms. The molecule has 26 heavy (non-hydrogen) atoms. The number of hydrogen-bond donors (Lipinski definition) is 0. The average Bonchev–Trinajstić information content (AvgIpc) is 3.08. The third-order valence-corrected chi connectivity index (χ3v) is 4.43. The fraction of sp³-hybridized carbons (Fsp3) is 0.278. The van der Waals surface area contributed by atoms with E-state index in [2.05, 4.69) is 10.1 Å². The molecule has 0 saturated carbocycles. The lowest BCUT2D eigenvalue weighted by molar-refractivity contribution is 0.0589. The first-order valence-electron chi connectivity index (χ1n) is 8.31. The van der Waals surface area contributed by atoms with Crippen molar-refractivity contribution in [3.8, 4) is 5.75 Å². The molecule has 1 aliphatic rings. The summed E-state index contributed by atoms with van der Waals surface area (Å²) in [6, 6.07) is 4.99. The number of piperidine rings is 1. The van der Waals surface area contributed by atoms with Crippen LogP contribution in [0.25, 0.3) is 5.65 Å². The monoisotopic (exact) mass is 358 g/mol. The van der Waals surface area contributed by atoms with Gasteiger partial charge in [-0.25, -0.2) is 18.3 Å². The van der Waals surface area contributed by atoms with Gasteiger partial charge in [-0.3, -0.25) is 4.79 Å². The maximum atomic E-state index is 13.7. The minimum absolute atomic E-state index is 0.0306. The van der Waals surface area contributed by atoms with Crippen molar-refractivity contribution in [2.45, 2.75) is 18.9 Å². The first-order valence-corrected chi connectivity index (χ1v) is 8.31. The van der Waals surface area contributed by atoms with E-state index in [1.165, 1.54) is 12.3 Å². The standard InChI is InChI=1S/C18H16F2N4O2/c19-12-2-3-16(15(20)10-12)26-13-4-8-23(9-5-13)18(25)14-11-22-24-7-1-6-21-17(14)24/h1-3,6-7,10-11,13H,4-5,8-9H2. The number of aromatic nitrogens is 3. The summed E-state index contributed by atoms with van der Waals surface area (Å²) in [6.07, 6.45) is 5.77. The zero-order chi connectivity index (χ0) is 18.1. The minimum atomic E-state index is -0.721. The predicted molar refractivity (Wildman–Crippen MR) is 88.9 cm³/mol. The summed E-state index contributed by atoms with van der Waals surface area (Å²) in [4.78, 5) is 18.6. The number of benzene rings is 1. The minimum Gasteiger partial charge on any atom is -0.487 e. The van der Waals surface area contributed by atoms with Crippen LogP contribution in [0.4, 0.5) is 8.78 Å². The third-order valence-electron chi connectivity index (χ3n) is 4.43. The molecule has 1 saturated heterocycles. The van der Waals surface area contributed by atoms with E-state index in [1.54, 1.807) is 27.9 Å². The van der Waals surface area contributed by atoms with E-state index in [0.717, 1.165) is 12.1 Å². The second-order valence-corrected chi connectivity index (χ2v) is 6.13. The molecular weight excluding hydrogens is 342 g/mol. The van der Waals surface area contributed by atoms with E-state index in [1.807, 2.05) is 0 Å². The second kappa shape index (κ2) is 6.70. The zero-order valence-electron chi connectivity index (χ0n) is 13.8. The van der Waals surface area contributed by atoms with Crippen LogP contribution in [0.15, 0.2) is 42.9 Å². The Morgan fingerprint density at radius 3 is 2.81 bits per heavy atom. The van der Waals surface area contributed by atoms with E-state index in [4.69, 9.17) is 4.74 Å². The number of fused-ring (bicyclic) bond motifs is 1. The Bertz CT molecular complexity index is 951. The highest BCUT2D eigenvalue weighted by Gasteiger charge is 2.27. The number of ether oxygens (including phenoxy) is 1. The topological polar surface area (TPSA) is 59.7 Å². The number of likely N-dealkylation sites (tertiary alicyclic amines) is 1. The molecule has 2 aromatic heterocycles. The summed E-state index contributed by atoms with van der Waals surface area (Å²) < 4.78 is 33.8. The van der Waals surface area contributed by atoms with Gasteiger partial charge in [0.05, 0.1) is 6.20 Å². The lowest BCUT2D eigenvalue weighted by Gasteiger charge is -2.32. The van der Waals surface area contributed by atoms with Crippen molar-refractivity contribution in [1.29, 1.82) is 0 Å². The molecule has 3 aromatic rings. The molecule has 0 spiro atoms. The number of carbonyl (C=O) groups is 1.